The summed E-state index contributed by atoms with van der Waals surface area (Å²) >= 11 is 0. The number of rotatable bonds is 11. The van der Waals surface area contributed by atoms with Gasteiger partial charge in [-0.05, 0) is 25.7 Å². The highest BCUT2D eigenvalue weighted by molar-refractivity contribution is 5.02. The Kier molecular flexibility index (Phi) is 37.2. The van der Waals surface area contributed by atoms with Gasteiger partial charge < -0.3 is 194 Å². The summed E-state index contributed by atoms with van der Waals surface area (Å²) in [6, 6.07) is 0. The maximum Gasteiger partial charge on any atom is 0.187 e. The minimum absolute atomic E-state index is 0.319. The van der Waals surface area contributed by atoms with Gasteiger partial charge in [-0.1, -0.05) is 27.7 Å². The molecule has 21 rings (SSSR count). The fraction of sp³-hybridized carbons (Fsp3) is 1.00. The van der Waals surface area contributed by atoms with E-state index >= 15 is 0 Å². The van der Waals surface area contributed by atoms with Crippen molar-refractivity contribution in [3.05, 3.63) is 0 Å². The first kappa shape index (κ1) is 83.9. The highest BCUT2D eigenvalue weighted by atomic mass is 16.8. The third-order valence-electron chi connectivity index (χ3n) is 15.7. The van der Waals surface area contributed by atoms with E-state index < -0.39 is 261 Å². The molecule has 21 heterocycles. The Hall–Kier alpha value is -1.56. The third-order valence-corrected chi connectivity index (χ3v) is 15.7. The van der Waals surface area contributed by atoms with E-state index in [1.807, 2.05) is 27.7 Å². The van der Waals surface area contributed by atoms with Crippen LogP contribution in [0.15, 0.2) is 0 Å². The molecule has 39 nitrogen and oxygen atoms in total. The van der Waals surface area contributed by atoms with Gasteiger partial charge >= 0.3 is 0 Å². The molecule has 21 fully saturated rings. The van der Waals surface area contributed by atoms with Crippen LogP contribution in [-0.4, -0.2) is 415 Å². The summed E-state index contributed by atoms with van der Waals surface area (Å²) in [5.41, 5.74) is 0. The van der Waals surface area contributed by atoms with Gasteiger partial charge in [0.05, 0.1) is 46.2 Å². The van der Waals surface area contributed by atoms with Crippen molar-refractivity contribution < 1.29 is 194 Å². The van der Waals surface area contributed by atoms with Gasteiger partial charge in [-0.3, -0.25) is 0 Å². The molecule has 552 valence electrons. The average molecular weight is 1380 g/mol. The van der Waals surface area contributed by atoms with Crippen LogP contribution in [0, 0.1) is 0 Å². The molecule has 0 aromatic heterocycles. The van der Waals surface area contributed by atoms with Crippen molar-refractivity contribution in [1.29, 1.82) is 0 Å². The van der Waals surface area contributed by atoms with Gasteiger partial charge in [0.2, 0.25) is 0 Å². The predicted octanol–water partition coefficient (Wildman–Crippen LogP) is -13.7. The number of aliphatic hydroxyl groups is 25. The standard InChI is InChI=1S/C42H70O35.4C3H8O/c43-1-8-29-15(50)22(57)36(64-8)72-30-9(2-44)66-38(24(59)17(30)52)74-32-11(4-46)68-40(26(61)19(32)54)76-34-13(6-48)70-42(28(63)21(34)56)77-35-14(7-49)69-41(27(62)20(35)55)75-33-12(5-47)67-39(25(60)18(33)53)73-31-10(3-45)65-37(71-29)23(58)16(31)51;4*1-2-3-4/h8-63H,1-7H2;4*4H,2-3H2,1H3/t8-,9-,10-,11-,12-,13-,14-,15+,16+,17+,18+,19+,20+,21+,22+,23+,24+,25+,26+,27+,28+,29-,30-,31-,32-,33-,34-,35-,36-,37-,38-,39-,40-,41-,42-;;;;/m1..../s1. The van der Waals surface area contributed by atoms with Gasteiger partial charge in [-0.2, -0.15) is 0 Å². The molecule has 0 aromatic carbocycles. The molecule has 0 spiro atoms. The van der Waals surface area contributed by atoms with E-state index in [-0.39, 0.29) is 0 Å². The van der Waals surface area contributed by atoms with Crippen molar-refractivity contribution >= 4 is 0 Å². The van der Waals surface area contributed by atoms with E-state index in [4.69, 9.17) is 86.7 Å². The topological polar surface area (TPSA) is 635 Å². The summed E-state index contributed by atoms with van der Waals surface area (Å²) in [5, 5.41) is 262. The van der Waals surface area contributed by atoms with Gasteiger partial charge in [0, 0.05) is 26.4 Å². The van der Waals surface area contributed by atoms with Crippen LogP contribution in [0.4, 0.5) is 0 Å². The molecule has 0 saturated carbocycles. The highest BCUT2D eigenvalue weighted by Gasteiger charge is 2.59. The molecule has 0 aliphatic carbocycles. The van der Waals surface area contributed by atoms with Crippen LogP contribution in [0.2, 0.25) is 0 Å². The molecular formula is C54H102O39. The van der Waals surface area contributed by atoms with Crippen LogP contribution in [-0.2, 0) is 66.3 Å². The molecule has 0 amide bonds. The Labute approximate surface area is 534 Å². The Bertz CT molecular complexity index is 1590. The maximum absolute atomic E-state index is 11.3. The van der Waals surface area contributed by atoms with Crippen LogP contribution in [0.3, 0.4) is 0 Å². The van der Waals surface area contributed by atoms with Crippen molar-refractivity contribution in [3.8, 4) is 0 Å². The molecule has 25 N–H and O–H groups in total. The number of hydrogen-bond donors (Lipinski definition) is 25. The predicted molar refractivity (Wildman–Crippen MR) is 298 cm³/mol. The lowest BCUT2D eigenvalue weighted by Gasteiger charge is -2.50. The van der Waals surface area contributed by atoms with E-state index in [9.17, 15) is 107 Å². The second-order valence-corrected chi connectivity index (χ2v) is 22.5. The first-order chi connectivity index (χ1) is 44.3. The minimum Gasteiger partial charge on any atom is -0.396 e. The SMILES string of the molecule is CCCO.CCCO.CCCO.CCCO.OC[C@H]1O[C@@H]2O[C@H]3[C@@H](O)[C@H](O)[C@@H](O[C@H]4[C@@H](O)[C@H](O)[C@@H](O[C@H]5[C@@H](O)[C@H](O)[C@@H](O[C@H]6[C@@H](O)[C@H](O)[C@@H](O[C@H]7[C@@H](O)[C@H](O)[C@@H](O[C@H]8[C@@H](O)[C@H](O)[C@@H](O[C@H]1[C@@H](O)[C@@H]2O)O[C@@H]8CO)O[C@@H]7CO)O[C@@H]6CO)O[C@@H]5CO)O[C@@H]4CO)O[C@@H]3CO. The highest BCUT2D eigenvalue weighted by Crippen LogP contribution is 2.39. The smallest absolute Gasteiger partial charge is 0.187 e. The van der Waals surface area contributed by atoms with Crippen LogP contribution < -0.4 is 0 Å². The van der Waals surface area contributed by atoms with Crippen molar-refractivity contribution in [2.45, 2.75) is 268 Å². The van der Waals surface area contributed by atoms with Crippen molar-refractivity contribution in [1.82, 2.24) is 0 Å². The molecule has 0 unspecified atom stereocenters. The molecular weight excluding hydrogens is 1270 g/mol. The Morgan fingerprint density at radius 2 is 0.269 bits per heavy atom. The molecule has 21 aliphatic heterocycles. The maximum atomic E-state index is 11.3. The van der Waals surface area contributed by atoms with Crippen molar-refractivity contribution in [2.75, 3.05) is 72.7 Å². The lowest BCUT2D eigenvalue weighted by Crippen LogP contribution is -2.68. The second-order valence-electron chi connectivity index (χ2n) is 22.5. The zero-order valence-electron chi connectivity index (χ0n) is 51.7. The zero-order chi connectivity index (χ0) is 69.7. The first-order valence-electron chi connectivity index (χ1n) is 30.7. The summed E-state index contributed by atoms with van der Waals surface area (Å²) in [7, 11) is 0. The molecule has 21 aliphatic rings. The Morgan fingerprint density at radius 1 is 0.172 bits per heavy atom. The Balaban J connectivity index is 0.00000103. The summed E-state index contributed by atoms with van der Waals surface area (Å²) in [6.45, 7) is 1.67. The van der Waals surface area contributed by atoms with E-state index in [1.165, 1.54) is 0 Å². The fourth-order valence-corrected chi connectivity index (χ4v) is 10.4. The van der Waals surface area contributed by atoms with E-state index in [0.717, 1.165) is 25.7 Å². The van der Waals surface area contributed by atoms with E-state index in [1.54, 1.807) is 0 Å². The summed E-state index contributed by atoms with van der Waals surface area (Å²) in [5.74, 6) is 0. The molecule has 0 aromatic rings. The van der Waals surface area contributed by atoms with Gasteiger partial charge in [0.1, 0.15) is 171 Å². The summed E-state index contributed by atoms with van der Waals surface area (Å²) in [4.78, 5) is 0. The first-order valence-corrected chi connectivity index (χ1v) is 30.7. The van der Waals surface area contributed by atoms with Crippen molar-refractivity contribution in [3.63, 3.8) is 0 Å². The van der Waals surface area contributed by atoms with Gasteiger partial charge in [-0.15, -0.1) is 0 Å². The molecule has 0 radical (unpaired) electrons. The largest absolute Gasteiger partial charge is 0.396 e. The van der Waals surface area contributed by atoms with Crippen molar-refractivity contribution in [2.24, 2.45) is 0 Å². The molecule has 39 heteroatoms. The van der Waals surface area contributed by atoms with Gasteiger partial charge in [0.15, 0.2) is 44.0 Å². The molecule has 14 bridgehead atoms. The van der Waals surface area contributed by atoms with Crippen LogP contribution in [0.5, 0.6) is 0 Å². The Morgan fingerprint density at radius 3 is 0.344 bits per heavy atom. The summed E-state index contributed by atoms with van der Waals surface area (Å²) < 4.78 is 79.5. The molecule has 35 atom stereocenters. The normalized spacial score (nSPS) is 47.1. The minimum atomic E-state index is -2.21. The van der Waals surface area contributed by atoms with Crippen LogP contribution in [0.25, 0.3) is 0 Å². The monoisotopic (exact) mass is 1370 g/mol. The quantitative estimate of drug-likeness (QED) is 0.0913. The average Bonchev–Trinajstić information content (AvgIpc) is 0.800. The van der Waals surface area contributed by atoms with Crippen LogP contribution in [0.1, 0.15) is 53.4 Å². The lowest BCUT2D eigenvalue weighted by atomic mass is 9.95. The molecule has 21 saturated heterocycles. The second kappa shape index (κ2) is 41.2. The van der Waals surface area contributed by atoms with E-state index in [2.05, 4.69) is 0 Å². The van der Waals surface area contributed by atoms with E-state index in [0.29, 0.717) is 26.4 Å². The third kappa shape index (κ3) is 20.8. The van der Waals surface area contributed by atoms with Crippen LogP contribution >= 0.6 is 0 Å². The fourth-order valence-electron chi connectivity index (χ4n) is 10.4. The van der Waals surface area contributed by atoms with Gasteiger partial charge in [-0.25, -0.2) is 0 Å². The number of hydrogen-bond acceptors (Lipinski definition) is 39. The number of ether oxygens (including phenoxy) is 14. The summed E-state index contributed by atoms with van der Waals surface area (Å²) in [6.07, 6.45) is -66.7. The van der Waals surface area contributed by atoms with Gasteiger partial charge in [0.25, 0.3) is 0 Å². The molecule has 93 heavy (non-hydrogen) atoms. The lowest BCUT2D eigenvalue weighted by molar-refractivity contribution is -0.396. The number of aliphatic hydroxyl groups excluding tert-OH is 25. The zero-order valence-corrected chi connectivity index (χ0v) is 51.7.